The first-order valence-corrected chi connectivity index (χ1v) is 5.04. The molecule has 4 nitrogen and oxygen atoms in total. The van der Waals surface area contributed by atoms with Crippen LogP contribution in [0.15, 0.2) is 0 Å². The van der Waals surface area contributed by atoms with Crippen molar-refractivity contribution in [3.63, 3.8) is 0 Å². The molecule has 0 bridgehead atoms. The molecule has 0 heterocycles. The lowest BCUT2D eigenvalue weighted by molar-refractivity contribution is -0.144. The molecule has 0 aromatic carbocycles. The highest BCUT2D eigenvalue weighted by Gasteiger charge is 2.28. The maximum Gasteiger partial charge on any atom is 0.328 e. The Labute approximate surface area is 84.7 Å². The molecule has 4 heteroatoms. The van der Waals surface area contributed by atoms with Crippen molar-refractivity contribution in [3.05, 3.63) is 0 Å². The average Bonchev–Trinajstić information content (AvgIpc) is 2.13. The molecule has 2 unspecified atom stereocenters. The minimum absolute atomic E-state index is 0.180. The number of nitrogens with one attached hydrogen (secondary N) is 1. The minimum Gasteiger partial charge on any atom is -0.480 e. The molecule has 0 rings (SSSR count). The number of carbonyl (C=O) groups is 2. The van der Waals surface area contributed by atoms with E-state index in [1.807, 2.05) is 6.92 Å². The van der Waals surface area contributed by atoms with Gasteiger partial charge in [-0.1, -0.05) is 27.2 Å². The van der Waals surface area contributed by atoms with E-state index in [0.29, 0.717) is 6.54 Å². The van der Waals surface area contributed by atoms with Gasteiger partial charge < -0.3 is 5.11 Å². The molecule has 0 aromatic heterocycles. The molecule has 0 aromatic rings. The summed E-state index contributed by atoms with van der Waals surface area (Å²) >= 11 is 0. The zero-order valence-corrected chi connectivity index (χ0v) is 9.04. The molecule has 0 amide bonds. The summed E-state index contributed by atoms with van der Waals surface area (Å²) in [4.78, 5) is 22.4. The highest BCUT2D eigenvalue weighted by molar-refractivity contribution is 6.03. The second kappa shape index (κ2) is 6.54. The second-order valence-electron chi connectivity index (χ2n) is 3.42. The van der Waals surface area contributed by atoms with Crippen LogP contribution in [0.3, 0.4) is 0 Å². The number of Topliss-reactive ketones (excluding diaryl/α,β-unsaturated/α-hetero) is 1. The van der Waals surface area contributed by atoms with Gasteiger partial charge in [0.15, 0.2) is 11.8 Å². The quantitative estimate of drug-likeness (QED) is 0.604. The van der Waals surface area contributed by atoms with Gasteiger partial charge in [-0.2, -0.15) is 0 Å². The van der Waals surface area contributed by atoms with E-state index in [9.17, 15) is 9.59 Å². The zero-order chi connectivity index (χ0) is 11.1. The van der Waals surface area contributed by atoms with Crippen molar-refractivity contribution in [1.82, 2.24) is 5.32 Å². The molecule has 82 valence electrons. The molecule has 14 heavy (non-hydrogen) atoms. The van der Waals surface area contributed by atoms with Gasteiger partial charge in [-0.05, 0) is 13.0 Å². The Morgan fingerprint density at radius 3 is 2.29 bits per heavy atom. The van der Waals surface area contributed by atoms with E-state index >= 15 is 0 Å². The number of carbonyl (C=O) groups excluding carboxylic acids is 1. The Balaban J connectivity index is 4.35. The number of likely N-dealkylation sites (N-methyl/N-ethyl adjacent to an activating group) is 1. The highest BCUT2D eigenvalue weighted by Crippen LogP contribution is 2.09. The van der Waals surface area contributed by atoms with Crippen LogP contribution < -0.4 is 5.32 Å². The summed E-state index contributed by atoms with van der Waals surface area (Å²) in [6.07, 6.45) is 1.64. The molecule has 0 aliphatic heterocycles. The summed E-state index contributed by atoms with van der Waals surface area (Å²) in [5.41, 5.74) is 0. The standard InChI is InChI=1S/C10H19NO3/c1-4-6-7(3)9(12)8(10(13)14)11-5-2/h7-8,11H,4-6H2,1-3H3,(H,13,14). The maximum atomic E-state index is 11.6. The van der Waals surface area contributed by atoms with Crippen LogP contribution in [0.4, 0.5) is 0 Å². The third-order valence-corrected chi connectivity index (χ3v) is 2.15. The third kappa shape index (κ3) is 3.87. The number of carboxylic acid groups (broad SMARTS) is 1. The number of rotatable bonds is 7. The van der Waals surface area contributed by atoms with Crippen molar-refractivity contribution in [3.8, 4) is 0 Å². The predicted octanol–water partition coefficient (Wildman–Crippen LogP) is 1.05. The highest BCUT2D eigenvalue weighted by atomic mass is 16.4. The van der Waals surface area contributed by atoms with Gasteiger partial charge in [0.1, 0.15) is 0 Å². The lowest BCUT2D eigenvalue weighted by atomic mass is 9.95. The number of hydrogen-bond donors (Lipinski definition) is 2. The molecule has 0 saturated carbocycles. The number of hydrogen-bond acceptors (Lipinski definition) is 3. The Bertz CT molecular complexity index is 204. The first-order valence-electron chi connectivity index (χ1n) is 5.04. The van der Waals surface area contributed by atoms with E-state index in [-0.39, 0.29) is 11.7 Å². The van der Waals surface area contributed by atoms with Gasteiger partial charge in [0.05, 0.1) is 0 Å². The summed E-state index contributed by atoms with van der Waals surface area (Å²) < 4.78 is 0. The number of ketones is 1. The molecular formula is C10H19NO3. The largest absolute Gasteiger partial charge is 0.480 e. The normalized spacial score (nSPS) is 14.8. The van der Waals surface area contributed by atoms with Crippen LogP contribution in [0.5, 0.6) is 0 Å². The fourth-order valence-corrected chi connectivity index (χ4v) is 1.37. The van der Waals surface area contributed by atoms with E-state index in [1.54, 1.807) is 13.8 Å². The summed E-state index contributed by atoms with van der Waals surface area (Å²) in [6.45, 7) is 6.03. The number of aliphatic carboxylic acids is 1. The van der Waals surface area contributed by atoms with Crippen molar-refractivity contribution < 1.29 is 14.7 Å². The molecular weight excluding hydrogens is 182 g/mol. The van der Waals surface area contributed by atoms with Crippen LogP contribution in [-0.4, -0.2) is 29.4 Å². The molecule has 0 spiro atoms. The van der Waals surface area contributed by atoms with Crippen molar-refractivity contribution in [2.45, 2.75) is 39.7 Å². The molecule has 2 N–H and O–H groups in total. The van der Waals surface area contributed by atoms with Crippen LogP contribution in [0.1, 0.15) is 33.6 Å². The summed E-state index contributed by atoms with van der Waals surface area (Å²) in [6, 6.07) is -1.04. The van der Waals surface area contributed by atoms with Gasteiger partial charge >= 0.3 is 5.97 Å². The average molecular weight is 201 g/mol. The van der Waals surface area contributed by atoms with Gasteiger partial charge in [0.25, 0.3) is 0 Å². The van der Waals surface area contributed by atoms with E-state index < -0.39 is 12.0 Å². The summed E-state index contributed by atoms with van der Waals surface area (Å²) in [7, 11) is 0. The van der Waals surface area contributed by atoms with E-state index in [1.165, 1.54) is 0 Å². The molecule has 0 aliphatic carbocycles. The molecule has 0 fully saturated rings. The Kier molecular flexibility index (Phi) is 6.12. The van der Waals surface area contributed by atoms with Crippen LogP contribution in [0.25, 0.3) is 0 Å². The van der Waals surface area contributed by atoms with Crippen LogP contribution in [-0.2, 0) is 9.59 Å². The van der Waals surface area contributed by atoms with Crippen molar-refractivity contribution in [2.75, 3.05) is 6.54 Å². The lowest BCUT2D eigenvalue weighted by Crippen LogP contribution is -2.45. The predicted molar refractivity (Wildman–Crippen MR) is 54.2 cm³/mol. The Morgan fingerprint density at radius 1 is 1.36 bits per heavy atom. The third-order valence-electron chi connectivity index (χ3n) is 2.15. The lowest BCUT2D eigenvalue weighted by Gasteiger charge is -2.16. The topological polar surface area (TPSA) is 66.4 Å². The molecule has 0 radical (unpaired) electrons. The van der Waals surface area contributed by atoms with Crippen LogP contribution >= 0.6 is 0 Å². The summed E-state index contributed by atoms with van der Waals surface area (Å²) in [5.74, 6) is -1.49. The Morgan fingerprint density at radius 2 is 1.93 bits per heavy atom. The first kappa shape index (κ1) is 13.1. The SMILES string of the molecule is CCCC(C)C(=O)C(NCC)C(=O)O. The molecule has 0 saturated heterocycles. The van der Waals surface area contributed by atoms with Crippen molar-refractivity contribution in [2.24, 2.45) is 5.92 Å². The fraction of sp³-hybridized carbons (Fsp3) is 0.800. The maximum absolute atomic E-state index is 11.6. The molecule has 2 atom stereocenters. The van der Waals surface area contributed by atoms with Gasteiger partial charge in [-0.3, -0.25) is 14.9 Å². The van der Waals surface area contributed by atoms with E-state index in [0.717, 1.165) is 12.8 Å². The van der Waals surface area contributed by atoms with Crippen molar-refractivity contribution in [1.29, 1.82) is 0 Å². The van der Waals surface area contributed by atoms with Crippen LogP contribution in [0, 0.1) is 5.92 Å². The minimum atomic E-state index is -1.08. The van der Waals surface area contributed by atoms with Gasteiger partial charge in [-0.25, -0.2) is 0 Å². The van der Waals surface area contributed by atoms with Crippen molar-refractivity contribution >= 4 is 11.8 Å². The van der Waals surface area contributed by atoms with E-state index in [2.05, 4.69) is 5.32 Å². The number of carboxylic acids is 1. The van der Waals surface area contributed by atoms with Crippen LogP contribution in [0.2, 0.25) is 0 Å². The second-order valence-corrected chi connectivity index (χ2v) is 3.42. The fourth-order valence-electron chi connectivity index (χ4n) is 1.37. The smallest absolute Gasteiger partial charge is 0.328 e. The first-order chi connectivity index (χ1) is 6.54. The zero-order valence-electron chi connectivity index (χ0n) is 9.04. The van der Waals surface area contributed by atoms with Gasteiger partial charge in [0.2, 0.25) is 0 Å². The van der Waals surface area contributed by atoms with Gasteiger partial charge in [0, 0.05) is 5.92 Å². The monoisotopic (exact) mass is 201 g/mol. The van der Waals surface area contributed by atoms with Gasteiger partial charge in [-0.15, -0.1) is 0 Å². The van der Waals surface area contributed by atoms with E-state index in [4.69, 9.17) is 5.11 Å². The summed E-state index contributed by atoms with van der Waals surface area (Å²) in [5, 5.41) is 11.5. The molecule has 0 aliphatic rings. The Hall–Kier alpha value is -0.900.